The molecule has 1 aromatic heterocycles. The zero-order chi connectivity index (χ0) is 23.2. The first kappa shape index (κ1) is 22.9. The maximum absolute atomic E-state index is 12.6. The summed E-state index contributed by atoms with van der Waals surface area (Å²) in [7, 11) is 0. The number of anilines is 2. The number of ether oxygens (including phenoxy) is 1. The van der Waals surface area contributed by atoms with E-state index in [-0.39, 0.29) is 17.9 Å². The van der Waals surface area contributed by atoms with Gasteiger partial charge in [0.25, 0.3) is 0 Å². The third kappa shape index (κ3) is 5.37. The smallest absolute Gasteiger partial charge is 0.228 e. The van der Waals surface area contributed by atoms with Crippen LogP contribution in [-0.4, -0.2) is 11.9 Å². The van der Waals surface area contributed by atoms with Crippen LogP contribution < -0.4 is 15.4 Å². The number of thiophene rings is 1. The molecule has 0 spiro atoms. The van der Waals surface area contributed by atoms with E-state index in [2.05, 4.69) is 28.8 Å². The first-order valence-corrected chi connectivity index (χ1v) is 12.4. The lowest BCUT2D eigenvalue weighted by Crippen LogP contribution is -2.26. The van der Waals surface area contributed by atoms with Gasteiger partial charge in [-0.1, -0.05) is 55.5 Å². The van der Waals surface area contributed by atoms with Gasteiger partial charge in [0, 0.05) is 17.5 Å². The van der Waals surface area contributed by atoms with Gasteiger partial charge in [0.1, 0.15) is 22.6 Å². The van der Waals surface area contributed by atoms with E-state index in [1.54, 1.807) is 0 Å². The van der Waals surface area contributed by atoms with Crippen LogP contribution in [0.1, 0.15) is 49.8 Å². The molecular formula is C27H29N3O2S. The molecule has 1 amide bonds. The minimum absolute atomic E-state index is 0.00413. The molecule has 2 heterocycles. The molecule has 0 saturated carbocycles. The van der Waals surface area contributed by atoms with Gasteiger partial charge in [-0.3, -0.25) is 4.79 Å². The molecule has 0 bridgehead atoms. The zero-order valence-electron chi connectivity index (χ0n) is 19.1. The number of carbonyl (C=O) groups excluding carboxylic acids is 1. The molecule has 4 rings (SSSR count). The summed E-state index contributed by atoms with van der Waals surface area (Å²) in [6.07, 6.45) is 4.26. The minimum Gasteiger partial charge on any atom is -0.457 e. The van der Waals surface area contributed by atoms with Gasteiger partial charge in [0.05, 0.1) is 10.6 Å². The number of amides is 1. The zero-order valence-corrected chi connectivity index (χ0v) is 19.9. The van der Waals surface area contributed by atoms with E-state index in [0.29, 0.717) is 10.6 Å². The summed E-state index contributed by atoms with van der Waals surface area (Å²) < 4.78 is 5.88. The number of fused-ring (bicyclic) bond motifs is 1. The van der Waals surface area contributed by atoms with Crippen LogP contribution in [0.4, 0.5) is 10.0 Å². The summed E-state index contributed by atoms with van der Waals surface area (Å²) in [6.45, 7) is 4.04. The molecule has 1 unspecified atom stereocenters. The highest BCUT2D eigenvalue weighted by Crippen LogP contribution is 2.41. The van der Waals surface area contributed by atoms with Crippen molar-refractivity contribution in [2.45, 2.75) is 52.0 Å². The van der Waals surface area contributed by atoms with E-state index in [4.69, 9.17) is 4.74 Å². The average Bonchev–Trinajstić information content (AvgIpc) is 3.18. The lowest BCUT2D eigenvalue weighted by atomic mass is 9.95. The van der Waals surface area contributed by atoms with Crippen LogP contribution in [0.3, 0.4) is 0 Å². The minimum atomic E-state index is -0.0229. The van der Waals surface area contributed by atoms with Crippen LogP contribution in [0.2, 0.25) is 0 Å². The fourth-order valence-electron chi connectivity index (χ4n) is 4.23. The molecule has 0 radical (unpaired) electrons. The largest absolute Gasteiger partial charge is 0.457 e. The summed E-state index contributed by atoms with van der Waals surface area (Å²) in [5.74, 6) is 1.62. The molecule has 33 heavy (non-hydrogen) atoms. The fraction of sp³-hybridized carbons (Fsp3) is 0.333. The summed E-state index contributed by atoms with van der Waals surface area (Å²) in [4.78, 5) is 12.6. The number of hydrogen-bond donors (Lipinski definition) is 2. The number of hydrogen-bond acceptors (Lipinski definition) is 5. The number of carbonyl (C=O) groups is 1. The Morgan fingerprint density at radius 1 is 1.15 bits per heavy atom. The third-order valence-corrected chi connectivity index (χ3v) is 7.25. The van der Waals surface area contributed by atoms with E-state index in [0.717, 1.165) is 54.2 Å². The van der Waals surface area contributed by atoms with Crippen molar-refractivity contribution in [3.63, 3.8) is 0 Å². The van der Waals surface area contributed by atoms with Crippen LogP contribution >= 0.6 is 11.3 Å². The number of nitrogens with one attached hydrogen (secondary N) is 2. The fourth-order valence-corrected chi connectivity index (χ4v) is 5.41. The van der Waals surface area contributed by atoms with Crippen LogP contribution in [0.15, 0.2) is 54.6 Å². The van der Waals surface area contributed by atoms with Crippen LogP contribution in [0.25, 0.3) is 0 Å². The first-order chi connectivity index (χ1) is 16.1. The molecule has 0 aliphatic carbocycles. The van der Waals surface area contributed by atoms with Crippen molar-refractivity contribution in [3.05, 3.63) is 71.3 Å². The molecule has 6 heteroatoms. The van der Waals surface area contributed by atoms with Gasteiger partial charge >= 0.3 is 0 Å². The second-order valence-electron chi connectivity index (χ2n) is 8.37. The van der Waals surface area contributed by atoms with Crippen LogP contribution in [0, 0.1) is 17.2 Å². The Hall–Kier alpha value is -3.30. The van der Waals surface area contributed by atoms with Gasteiger partial charge in [-0.15, -0.1) is 0 Å². The van der Waals surface area contributed by atoms with Gasteiger partial charge in [0.15, 0.2) is 0 Å². The second-order valence-corrected chi connectivity index (χ2v) is 9.39. The second kappa shape index (κ2) is 10.5. The van der Waals surface area contributed by atoms with Gasteiger partial charge < -0.3 is 15.4 Å². The Morgan fingerprint density at radius 2 is 1.85 bits per heavy atom. The van der Waals surface area contributed by atoms with Crippen molar-refractivity contribution < 1.29 is 9.53 Å². The van der Waals surface area contributed by atoms with Crippen molar-refractivity contribution in [1.82, 2.24) is 0 Å². The van der Waals surface area contributed by atoms with Crippen molar-refractivity contribution in [1.29, 1.82) is 5.26 Å². The van der Waals surface area contributed by atoms with Crippen molar-refractivity contribution >= 4 is 27.2 Å². The highest BCUT2D eigenvalue weighted by atomic mass is 32.1. The van der Waals surface area contributed by atoms with Gasteiger partial charge in [-0.25, -0.2) is 0 Å². The standard InChI is InChI=1S/C27H29N3O2S/c1-3-19(4-2)25(31)30-27-24(17-28)23-15-12-20(29-26(23)33-27)16-18-10-13-22(14-11-18)32-21-8-6-5-7-9-21/h5-11,13-14,19-20,29H,3-4,12,15-16H2,1-2H3,(H,30,31). The predicted molar refractivity (Wildman–Crippen MR) is 134 cm³/mol. The van der Waals surface area contributed by atoms with E-state index in [1.807, 2.05) is 56.3 Å². The summed E-state index contributed by atoms with van der Waals surface area (Å²) >= 11 is 1.49. The number of nitriles is 1. The molecule has 1 aliphatic rings. The molecular weight excluding hydrogens is 430 g/mol. The number of para-hydroxylation sites is 1. The molecule has 0 saturated heterocycles. The van der Waals surface area contributed by atoms with Gasteiger partial charge in [-0.2, -0.15) is 5.26 Å². The van der Waals surface area contributed by atoms with E-state index >= 15 is 0 Å². The van der Waals surface area contributed by atoms with Crippen molar-refractivity contribution in [2.24, 2.45) is 5.92 Å². The highest BCUT2D eigenvalue weighted by molar-refractivity contribution is 7.20. The predicted octanol–water partition coefficient (Wildman–Crippen LogP) is 6.76. The monoisotopic (exact) mass is 459 g/mol. The van der Waals surface area contributed by atoms with Gasteiger partial charge in [-0.05, 0) is 61.9 Å². The Labute approximate surface area is 199 Å². The van der Waals surface area contributed by atoms with Crippen LogP contribution in [0.5, 0.6) is 11.5 Å². The molecule has 1 atom stereocenters. The SMILES string of the molecule is CCC(CC)C(=O)Nc1sc2c(c1C#N)CCC(Cc1ccc(Oc3ccccc3)cc1)N2. The van der Waals surface area contributed by atoms with Crippen LogP contribution in [-0.2, 0) is 17.6 Å². The quantitative estimate of drug-likeness (QED) is 0.390. The Balaban J connectivity index is 1.41. The molecule has 2 aromatic carbocycles. The molecule has 2 N–H and O–H groups in total. The molecule has 1 aliphatic heterocycles. The summed E-state index contributed by atoms with van der Waals surface area (Å²) in [5.41, 5.74) is 2.88. The number of benzene rings is 2. The third-order valence-electron chi connectivity index (χ3n) is 6.17. The average molecular weight is 460 g/mol. The molecule has 0 fully saturated rings. The topological polar surface area (TPSA) is 74.2 Å². The lowest BCUT2D eigenvalue weighted by molar-refractivity contribution is -0.120. The van der Waals surface area contributed by atoms with E-state index < -0.39 is 0 Å². The van der Waals surface area contributed by atoms with Crippen molar-refractivity contribution in [3.8, 4) is 17.6 Å². The first-order valence-electron chi connectivity index (χ1n) is 11.6. The normalized spacial score (nSPS) is 14.8. The molecule has 5 nitrogen and oxygen atoms in total. The summed E-state index contributed by atoms with van der Waals surface area (Å²) in [6, 6.07) is 20.6. The Kier molecular flexibility index (Phi) is 7.31. The van der Waals surface area contributed by atoms with Gasteiger partial charge in [0.2, 0.25) is 5.91 Å². The number of rotatable bonds is 8. The highest BCUT2D eigenvalue weighted by Gasteiger charge is 2.27. The van der Waals surface area contributed by atoms with Crippen molar-refractivity contribution in [2.75, 3.05) is 10.6 Å². The number of nitrogens with zero attached hydrogens (tertiary/aromatic N) is 1. The molecule has 3 aromatic rings. The summed E-state index contributed by atoms with van der Waals surface area (Å²) in [5, 5.41) is 18.0. The Morgan fingerprint density at radius 3 is 2.52 bits per heavy atom. The Bertz CT molecular complexity index is 1130. The molecule has 170 valence electrons. The van der Waals surface area contributed by atoms with E-state index in [9.17, 15) is 10.1 Å². The maximum Gasteiger partial charge on any atom is 0.228 e. The maximum atomic E-state index is 12.6. The van der Waals surface area contributed by atoms with E-state index in [1.165, 1.54) is 16.9 Å². The lowest BCUT2D eigenvalue weighted by Gasteiger charge is -2.24.